The maximum Gasteiger partial charge on any atom is 0.220 e. The Morgan fingerprint density at radius 3 is 0.843 bits per heavy atom. The lowest BCUT2D eigenvalue weighted by molar-refractivity contribution is -0.379. The summed E-state index contributed by atoms with van der Waals surface area (Å²) in [6.07, 6.45) is 69.3. The first kappa shape index (κ1) is 108. The lowest BCUT2D eigenvalue weighted by Crippen LogP contribution is -2.66. The van der Waals surface area contributed by atoms with Gasteiger partial charge in [0.1, 0.15) is 73.2 Å². The monoisotopic (exact) mass is 1640 g/mol. The molecule has 3 saturated heterocycles. The van der Waals surface area contributed by atoms with Crippen LogP contribution in [0.5, 0.6) is 0 Å². The molecule has 3 aliphatic rings. The molecule has 19 nitrogen and oxygen atoms in total. The number of hydrogen-bond donors (Lipinski definition) is 12. The fraction of sp³-hybridized carbons (Fsp3) is 0.969. The quantitative estimate of drug-likeness (QED) is 0.0199. The van der Waals surface area contributed by atoms with Crippen LogP contribution in [0, 0.1) is 0 Å². The number of carbonyl (C=O) groups excluding carboxylic acids is 1. The van der Waals surface area contributed by atoms with E-state index in [0.29, 0.717) is 12.8 Å². The Bertz CT molecular complexity index is 2110. The summed E-state index contributed by atoms with van der Waals surface area (Å²) in [4.78, 5) is 13.6. The molecule has 0 aromatic rings. The van der Waals surface area contributed by atoms with Crippen LogP contribution in [0.1, 0.15) is 463 Å². The number of ether oxygens (including phenoxy) is 6. The van der Waals surface area contributed by atoms with Crippen LogP contribution in [0.15, 0.2) is 12.2 Å². The zero-order chi connectivity index (χ0) is 83.1. The van der Waals surface area contributed by atoms with E-state index in [4.69, 9.17) is 28.4 Å². The van der Waals surface area contributed by atoms with E-state index in [1.165, 1.54) is 385 Å². The topological polar surface area (TPSA) is 307 Å². The van der Waals surface area contributed by atoms with E-state index in [1.54, 1.807) is 0 Å². The molecule has 3 fully saturated rings. The summed E-state index contributed by atoms with van der Waals surface area (Å²) in [5, 5.41) is 122. The number of rotatable bonds is 83. The Hall–Kier alpha value is -1.47. The molecule has 0 spiro atoms. The van der Waals surface area contributed by atoms with Gasteiger partial charge in [0, 0.05) is 6.42 Å². The van der Waals surface area contributed by atoms with Crippen molar-refractivity contribution in [2.24, 2.45) is 0 Å². The van der Waals surface area contributed by atoms with Crippen molar-refractivity contribution in [3.05, 3.63) is 12.2 Å². The molecule has 115 heavy (non-hydrogen) atoms. The molecule has 3 heterocycles. The molecule has 0 saturated carbocycles. The normalized spacial score (nSPS) is 24.5. The number of amides is 1. The number of aliphatic hydroxyl groups is 11. The first-order chi connectivity index (χ1) is 56.3. The number of hydrogen-bond acceptors (Lipinski definition) is 18. The molecule has 12 N–H and O–H groups in total. The summed E-state index contributed by atoms with van der Waals surface area (Å²) < 4.78 is 34.7. The molecule has 0 radical (unpaired) electrons. The second-order valence-electron chi connectivity index (χ2n) is 35.6. The highest BCUT2D eigenvalue weighted by Crippen LogP contribution is 2.34. The van der Waals surface area contributed by atoms with Crippen LogP contribution in [0.2, 0.25) is 0 Å². The molecule has 17 unspecified atom stereocenters. The van der Waals surface area contributed by atoms with Crippen molar-refractivity contribution >= 4 is 5.91 Å². The van der Waals surface area contributed by atoms with Gasteiger partial charge >= 0.3 is 0 Å². The van der Waals surface area contributed by atoms with E-state index in [-0.39, 0.29) is 18.9 Å². The third-order valence-electron chi connectivity index (χ3n) is 25.1. The molecule has 0 bridgehead atoms. The first-order valence-corrected chi connectivity index (χ1v) is 49.4. The van der Waals surface area contributed by atoms with Crippen LogP contribution >= 0.6 is 0 Å². The molecule has 3 aliphatic heterocycles. The van der Waals surface area contributed by atoms with Gasteiger partial charge in [-0.05, 0) is 38.5 Å². The fourth-order valence-corrected chi connectivity index (χ4v) is 17.3. The zero-order valence-electron chi connectivity index (χ0n) is 74.1. The van der Waals surface area contributed by atoms with Crippen LogP contribution < -0.4 is 5.32 Å². The largest absolute Gasteiger partial charge is 0.394 e. The highest BCUT2D eigenvalue weighted by Gasteiger charge is 2.54. The molecule has 0 aromatic carbocycles. The van der Waals surface area contributed by atoms with Crippen LogP contribution in [0.4, 0.5) is 0 Å². The van der Waals surface area contributed by atoms with Crippen LogP contribution in [0.3, 0.4) is 0 Å². The number of carbonyl (C=O) groups is 1. The predicted octanol–water partition coefficient (Wildman–Crippen LogP) is 20.2. The Kier molecular flexibility index (Phi) is 71.4. The van der Waals surface area contributed by atoms with E-state index >= 15 is 0 Å². The Morgan fingerprint density at radius 2 is 0.548 bits per heavy atom. The van der Waals surface area contributed by atoms with Crippen molar-refractivity contribution in [2.45, 2.75) is 568 Å². The second-order valence-corrected chi connectivity index (χ2v) is 35.6. The Morgan fingerprint density at radius 1 is 0.304 bits per heavy atom. The number of nitrogens with one attached hydrogen (secondary N) is 1. The summed E-state index contributed by atoms with van der Waals surface area (Å²) in [6, 6.07) is -0.886. The Labute approximate surface area is 703 Å². The van der Waals surface area contributed by atoms with Crippen LogP contribution in [0.25, 0.3) is 0 Å². The lowest BCUT2D eigenvalue weighted by atomic mass is 9.96. The van der Waals surface area contributed by atoms with Crippen molar-refractivity contribution in [1.82, 2.24) is 5.32 Å². The van der Waals surface area contributed by atoms with Gasteiger partial charge in [0.2, 0.25) is 5.91 Å². The smallest absolute Gasteiger partial charge is 0.220 e. The lowest BCUT2D eigenvalue weighted by Gasteiger charge is -2.48. The molecule has 0 aliphatic carbocycles. The van der Waals surface area contributed by atoms with Gasteiger partial charge < -0.3 is 89.9 Å². The van der Waals surface area contributed by atoms with Gasteiger partial charge in [-0.15, -0.1) is 0 Å². The molecule has 17 atom stereocenters. The average molecular weight is 1640 g/mol. The fourth-order valence-electron chi connectivity index (χ4n) is 17.3. The van der Waals surface area contributed by atoms with Crippen molar-refractivity contribution in [1.29, 1.82) is 0 Å². The summed E-state index contributed by atoms with van der Waals surface area (Å²) in [5.41, 5.74) is 0. The molecule has 682 valence electrons. The first-order valence-electron chi connectivity index (χ1n) is 49.4. The van der Waals surface area contributed by atoms with E-state index in [1.807, 2.05) is 0 Å². The van der Waals surface area contributed by atoms with Crippen LogP contribution in [-0.2, 0) is 33.2 Å². The molecule has 1 amide bonds. The predicted molar refractivity (Wildman–Crippen MR) is 467 cm³/mol. The highest BCUT2D eigenvalue weighted by molar-refractivity contribution is 5.76. The minimum Gasteiger partial charge on any atom is -0.394 e. The van der Waals surface area contributed by atoms with E-state index in [9.17, 15) is 61.0 Å². The van der Waals surface area contributed by atoms with Crippen LogP contribution in [-0.4, -0.2) is 193 Å². The summed E-state index contributed by atoms with van der Waals surface area (Å²) in [5.74, 6) is -0.230. The summed E-state index contributed by atoms with van der Waals surface area (Å²) in [7, 11) is 0. The van der Waals surface area contributed by atoms with Gasteiger partial charge in [-0.2, -0.15) is 0 Å². The van der Waals surface area contributed by atoms with Gasteiger partial charge in [-0.1, -0.05) is 431 Å². The van der Waals surface area contributed by atoms with Gasteiger partial charge in [0.05, 0.1) is 38.6 Å². The number of allylic oxidation sites excluding steroid dienone is 2. The minimum atomic E-state index is -1.97. The van der Waals surface area contributed by atoms with Crippen molar-refractivity contribution in [3.63, 3.8) is 0 Å². The highest BCUT2D eigenvalue weighted by atomic mass is 16.8. The minimum absolute atomic E-state index is 0.230. The maximum atomic E-state index is 13.6. The zero-order valence-corrected chi connectivity index (χ0v) is 74.1. The maximum absolute atomic E-state index is 13.6. The van der Waals surface area contributed by atoms with Gasteiger partial charge in [0.25, 0.3) is 0 Å². The van der Waals surface area contributed by atoms with Crippen molar-refractivity contribution in [2.75, 3.05) is 26.4 Å². The molecule has 0 aromatic heterocycles. The summed E-state index contributed by atoms with van der Waals surface area (Å²) >= 11 is 0. The summed E-state index contributed by atoms with van der Waals surface area (Å²) in [6.45, 7) is 1.89. The second kappa shape index (κ2) is 76.2. The molecular formula is C96H185NO18. The average Bonchev–Trinajstić information content (AvgIpc) is 0.779. The number of unbranched alkanes of at least 4 members (excludes halogenated alkanes) is 65. The SMILES string of the molecule is CCCCCCCCCC/C=C\CCCCCCCCCCCCCCCCCCCCCCCCCCCCCC(=O)NC(COC1OC(CO)C(OC2OC(CO)C(OC3OC(CO)C(O)C(O)C3O)C(O)C2O)C(O)C1O)C(O)CCCCCCCCCCCCCCCCCCCCCCCCCCCCCCCCC. The van der Waals surface area contributed by atoms with Crippen molar-refractivity contribution < 1.29 is 89.4 Å². The number of aliphatic hydroxyl groups excluding tert-OH is 11. The van der Waals surface area contributed by atoms with Crippen molar-refractivity contribution in [3.8, 4) is 0 Å². The van der Waals surface area contributed by atoms with Gasteiger partial charge in [-0.25, -0.2) is 0 Å². The van der Waals surface area contributed by atoms with E-state index < -0.39 is 124 Å². The molecular weight excluding hydrogens is 1460 g/mol. The Balaban J connectivity index is 1.27. The van der Waals surface area contributed by atoms with Gasteiger partial charge in [0.15, 0.2) is 18.9 Å². The molecule has 3 rings (SSSR count). The third kappa shape index (κ3) is 54.0. The van der Waals surface area contributed by atoms with Gasteiger partial charge in [-0.3, -0.25) is 4.79 Å². The third-order valence-corrected chi connectivity index (χ3v) is 25.1. The molecule has 19 heteroatoms. The standard InChI is InChI=1S/C96H185NO18/c1-3-5-7-9-11-13-15-17-19-21-23-25-27-29-31-33-35-36-37-38-39-40-41-42-44-46-48-50-52-54-56-58-60-62-64-66-68-70-72-74-84(102)97-79(80(101)73-71-69-67-65-63-61-59-57-55-53-51-49-47-45-43-34-32-30-28-26-24-22-20-18-16-14-12-10-8-6-4-2)78-110-94-90(108)87(105)92(82(76-99)112-94)115-96-91(109)88(106)93(83(77-100)113-96)114-95-89(107)86(104)85(103)81(75-98)111-95/h21,23,79-83,85-96,98-101,103-109H,3-20,22,24-78H2,1-2H3,(H,97,102)/b23-21-. The van der Waals surface area contributed by atoms with E-state index in [0.717, 1.165) is 44.9 Å². The van der Waals surface area contributed by atoms with E-state index in [2.05, 4.69) is 31.3 Å².